The van der Waals surface area contributed by atoms with Crippen molar-refractivity contribution >= 4 is 18.0 Å². The fourth-order valence-corrected chi connectivity index (χ4v) is 4.37. The van der Waals surface area contributed by atoms with Gasteiger partial charge in [-0.05, 0) is 41.5 Å². The number of carbonyl (C=O) groups is 3. The van der Waals surface area contributed by atoms with Gasteiger partial charge in [-0.15, -0.1) is 0 Å². The summed E-state index contributed by atoms with van der Waals surface area (Å²) in [7, 11) is 0. The number of carbonyl (C=O) groups excluding carboxylic acids is 2. The van der Waals surface area contributed by atoms with Crippen LogP contribution in [0.3, 0.4) is 0 Å². The molecule has 31 heavy (non-hydrogen) atoms. The minimum Gasteiger partial charge on any atom is -0.481 e. The number of benzene rings is 2. The van der Waals surface area contributed by atoms with Gasteiger partial charge in [0.1, 0.15) is 12.6 Å². The molecule has 0 radical (unpaired) electrons. The molecular weight excluding hydrogens is 396 g/mol. The molecule has 7 nitrogen and oxygen atoms in total. The molecule has 2 aromatic rings. The fraction of sp³-hybridized carbons (Fsp3) is 0.375. The van der Waals surface area contributed by atoms with Crippen molar-refractivity contribution in [2.75, 3.05) is 6.61 Å². The van der Waals surface area contributed by atoms with E-state index in [2.05, 4.69) is 22.8 Å². The number of alkyl carbamates (subject to hydrolysis) is 1. The third kappa shape index (κ3) is 4.26. The Morgan fingerprint density at radius 3 is 2.16 bits per heavy atom. The Bertz CT molecular complexity index is 953. The summed E-state index contributed by atoms with van der Waals surface area (Å²) in [5.41, 5.74) is 4.55. The number of hydrogen-bond donors (Lipinski definition) is 3. The van der Waals surface area contributed by atoms with E-state index in [9.17, 15) is 14.4 Å². The lowest BCUT2D eigenvalue weighted by Gasteiger charge is -2.33. The minimum atomic E-state index is -0.839. The number of hydrogen-bond acceptors (Lipinski definition) is 4. The van der Waals surface area contributed by atoms with Crippen LogP contribution in [0.25, 0.3) is 11.1 Å². The first-order valence-corrected chi connectivity index (χ1v) is 10.6. The van der Waals surface area contributed by atoms with Gasteiger partial charge in [0.25, 0.3) is 0 Å². The zero-order chi connectivity index (χ0) is 22.0. The van der Waals surface area contributed by atoms with E-state index in [4.69, 9.17) is 9.84 Å². The Morgan fingerprint density at radius 1 is 1.03 bits per heavy atom. The highest BCUT2D eigenvalue weighted by atomic mass is 16.5. The molecule has 2 aromatic carbocycles. The molecule has 1 atom stereocenters. The van der Waals surface area contributed by atoms with E-state index < -0.39 is 24.0 Å². The summed E-state index contributed by atoms with van der Waals surface area (Å²) < 4.78 is 5.51. The molecule has 4 rings (SSSR count). The van der Waals surface area contributed by atoms with E-state index in [1.807, 2.05) is 36.4 Å². The first-order valence-electron chi connectivity index (χ1n) is 10.6. The molecule has 0 saturated heterocycles. The Morgan fingerprint density at radius 2 is 1.61 bits per heavy atom. The lowest BCUT2D eigenvalue weighted by Crippen LogP contribution is -2.53. The van der Waals surface area contributed by atoms with Gasteiger partial charge >= 0.3 is 12.1 Å². The standard InChI is InChI=1S/C24H26N2O5/c1-2-21(22(27)25-15-11-14(12-15)23(28)29)26-24(30)31-13-20-18-9-5-3-7-16(18)17-8-4-6-10-19(17)20/h3-10,14-15,20-21H,2,11-13H2,1H3,(H,25,27)(H,26,30)(H,28,29)/t14?,15?,21-/m0/s1. The van der Waals surface area contributed by atoms with Crippen LogP contribution in [0.15, 0.2) is 48.5 Å². The number of ether oxygens (including phenoxy) is 1. The van der Waals surface area contributed by atoms with Gasteiger partial charge in [0.05, 0.1) is 5.92 Å². The van der Waals surface area contributed by atoms with E-state index in [0.717, 1.165) is 22.3 Å². The number of carboxylic acids is 1. The van der Waals surface area contributed by atoms with Gasteiger partial charge in [-0.2, -0.15) is 0 Å². The van der Waals surface area contributed by atoms with Gasteiger partial charge in [-0.3, -0.25) is 9.59 Å². The first-order chi connectivity index (χ1) is 15.0. The Hall–Kier alpha value is -3.35. The van der Waals surface area contributed by atoms with Crippen molar-refractivity contribution in [3.8, 4) is 11.1 Å². The van der Waals surface area contributed by atoms with Crippen molar-refractivity contribution in [3.05, 3.63) is 59.7 Å². The summed E-state index contributed by atoms with van der Waals surface area (Å²) >= 11 is 0. The maximum Gasteiger partial charge on any atom is 0.407 e. The summed E-state index contributed by atoms with van der Waals surface area (Å²) in [6, 6.07) is 15.3. The van der Waals surface area contributed by atoms with Crippen LogP contribution >= 0.6 is 0 Å². The highest BCUT2D eigenvalue weighted by molar-refractivity contribution is 5.86. The van der Waals surface area contributed by atoms with Crippen molar-refractivity contribution in [2.45, 2.75) is 44.2 Å². The van der Waals surface area contributed by atoms with Gasteiger partial charge in [0.2, 0.25) is 5.91 Å². The van der Waals surface area contributed by atoms with Crippen molar-refractivity contribution < 1.29 is 24.2 Å². The van der Waals surface area contributed by atoms with Crippen molar-refractivity contribution in [1.82, 2.24) is 10.6 Å². The normalized spacial score (nSPS) is 20.0. The van der Waals surface area contributed by atoms with Crippen LogP contribution in [0.4, 0.5) is 4.79 Å². The van der Waals surface area contributed by atoms with Crippen LogP contribution in [0.1, 0.15) is 43.2 Å². The molecule has 0 aromatic heterocycles. The molecular formula is C24H26N2O5. The third-order valence-electron chi connectivity index (χ3n) is 6.19. The number of fused-ring (bicyclic) bond motifs is 3. The summed E-state index contributed by atoms with van der Waals surface area (Å²) in [4.78, 5) is 35.8. The van der Waals surface area contributed by atoms with Crippen LogP contribution in [0.5, 0.6) is 0 Å². The third-order valence-corrected chi connectivity index (χ3v) is 6.19. The largest absolute Gasteiger partial charge is 0.481 e. The summed E-state index contributed by atoms with van der Waals surface area (Å²) in [6.45, 7) is 1.98. The molecule has 162 valence electrons. The molecule has 0 heterocycles. The van der Waals surface area contributed by atoms with Crippen LogP contribution < -0.4 is 10.6 Å². The molecule has 2 aliphatic rings. The average Bonchev–Trinajstić information content (AvgIpc) is 3.06. The Kier molecular flexibility index (Phi) is 5.93. The lowest BCUT2D eigenvalue weighted by atomic mass is 9.80. The molecule has 0 spiro atoms. The van der Waals surface area contributed by atoms with Gasteiger partial charge in [-0.1, -0.05) is 55.5 Å². The molecule has 0 unspecified atom stereocenters. The number of rotatable bonds is 7. The predicted molar refractivity (Wildman–Crippen MR) is 115 cm³/mol. The summed E-state index contributed by atoms with van der Waals surface area (Å²) in [6.07, 6.45) is 0.608. The van der Waals surface area contributed by atoms with Crippen molar-refractivity contribution in [1.29, 1.82) is 0 Å². The topological polar surface area (TPSA) is 105 Å². The van der Waals surface area contributed by atoms with Crippen LogP contribution in [0, 0.1) is 5.92 Å². The zero-order valence-electron chi connectivity index (χ0n) is 17.3. The Labute approximate surface area is 180 Å². The van der Waals surface area contributed by atoms with Crippen molar-refractivity contribution in [3.63, 3.8) is 0 Å². The second-order valence-corrected chi connectivity index (χ2v) is 8.14. The molecule has 3 N–H and O–H groups in total. The van der Waals surface area contributed by atoms with Crippen LogP contribution in [-0.4, -0.2) is 41.8 Å². The summed E-state index contributed by atoms with van der Waals surface area (Å²) in [5.74, 6) is -1.60. The van der Waals surface area contributed by atoms with Crippen LogP contribution in [0.2, 0.25) is 0 Å². The highest BCUT2D eigenvalue weighted by Crippen LogP contribution is 2.44. The predicted octanol–water partition coefficient (Wildman–Crippen LogP) is 3.28. The molecule has 0 aliphatic heterocycles. The smallest absolute Gasteiger partial charge is 0.407 e. The SMILES string of the molecule is CC[C@H](NC(=O)OCC1c2ccccc2-c2ccccc21)C(=O)NC1CC(C(=O)O)C1. The molecule has 0 bridgehead atoms. The zero-order valence-corrected chi connectivity index (χ0v) is 17.3. The quantitative estimate of drug-likeness (QED) is 0.635. The fourth-order valence-electron chi connectivity index (χ4n) is 4.37. The van der Waals surface area contributed by atoms with Gasteiger partial charge in [0, 0.05) is 12.0 Å². The summed E-state index contributed by atoms with van der Waals surface area (Å²) in [5, 5.41) is 14.4. The molecule has 1 saturated carbocycles. The van der Waals surface area contributed by atoms with Gasteiger partial charge in [-0.25, -0.2) is 4.79 Å². The molecule has 7 heteroatoms. The molecule has 1 fully saturated rings. The van der Waals surface area contributed by atoms with E-state index in [1.54, 1.807) is 6.92 Å². The lowest BCUT2D eigenvalue weighted by molar-refractivity contribution is -0.146. The highest BCUT2D eigenvalue weighted by Gasteiger charge is 2.36. The van der Waals surface area contributed by atoms with E-state index in [-0.39, 0.29) is 24.5 Å². The number of nitrogens with one attached hydrogen (secondary N) is 2. The minimum absolute atomic E-state index is 0.0463. The first kappa shape index (κ1) is 20.9. The van der Waals surface area contributed by atoms with E-state index >= 15 is 0 Å². The van der Waals surface area contributed by atoms with E-state index in [0.29, 0.717) is 19.3 Å². The average molecular weight is 422 g/mol. The Balaban J connectivity index is 1.32. The van der Waals surface area contributed by atoms with E-state index in [1.165, 1.54) is 0 Å². The number of amides is 2. The second-order valence-electron chi connectivity index (χ2n) is 8.14. The molecule has 2 amide bonds. The molecule has 2 aliphatic carbocycles. The van der Waals surface area contributed by atoms with Gasteiger partial charge < -0.3 is 20.5 Å². The maximum atomic E-state index is 12.4. The maximum absolute atomic E-state index is 12.4. The van der Waals surface area contributed by atoms with Crippen molar-refractivity contribution in [2.24, 2.45) is 5.92 Å². The number of aliphatic carboxylic acids is 1. The monoisotopic (exact) mass is 422 g/mol. The van der Waals surface area contributed by atoms with Crippen LogP contribution in [-0.2, 0) is 14.3 Å². The van der Waals surface area contributed by atoms with Gasteiger partial charge in [0.15, 0.2) is 0 Å². The second kappa shape index (κ2) is 8.79. The number of carboxylic acid groups (broad SMARTS) is 1.